The summed E-state index contributed by atoms with van der Waals surface area (Å²) in [7, 11) is -4.38. The largest absolute Gasteiger partial charge is 0.472 e. The summed E-state index contributed by atoms with van der Waals surface area (Å²) < 4.78 is 32.9. The maximum atomic E-state index is 12.6. The molecule has 2 unspecified atom stereocenters. The lowest BCUT2D eigenvalue weighted by molar-refractivity contribution is -0.161. The van der Waals surface area contributed by atoms with E-state index in [4.69, 9.17) is 24.3 Å². The molecule has 58 heavy (non-hydrogen) atoms. The second kappa shape index (κ2) is 45.0. The van der Waals surface area contributed by atoms with Crippen LogP contribution in [0.5, 0.6) is 0 Å². The Balaban J connectivity index is 4.05. The van der Waals surface area contributed by atoms with Crippen molar-refractivity contribution in [2.45, 2.75) is 245 Å². The lowest BCUT2D eigenvalue weighted by Gasteiger charge is -2.19. The van der Waals surface area contributed by atoms with Crippen LogP contribution in [-0.2, 0) is 32.7 Å². The highest BCUT2D eigenvalue weighted by Gasteiger charge is 2.26. The van der Waals surface area contributed by atoms with E-state index in [1.54, 1.807) is 0 Å². The smallest absolute Gasteiger partial charge is 0.462 e. The maximum absolute atomic E-state index is 12.6. The summed E-state index contributed by atoms with van der Waals surface area (Å²) in [5.41, 5.74) is 5.36. The second-order valence-electron chi connectivity index (χ2n) is 16.3. The number of hydrogen-bond donors (Lipinski definition) is 2. The van der Waals surface area contributed by atoms with Gasteiger partial charge in [-0.1, -0.05) is 205 Å². The van der Waals surface area contributed by atoms with E-state index >= 15 is 0 Å². The fourth-order valence-electron chi connectivity index (χ4n) is 6.96. The van der Waals surface area contributed by atoms with E-state index in [0.717, 1.165) is 57.8 Å². The lowest BCUT2D eigenvalue weighted by Crippen LogP contribution is -2.29. The van der Waals surface area contributed by atoms with Crippen molar-refractivity contribution >= 4 is 19.8 Å². The molecule has 0 saturated carbocycles. The van der Waals surface area contributed by atoms with E-state index in [0.29, 0.717) is 6.42 Å². The second-order valence-corrected chi connectivity index (χ2v) is 17.8. The number of esters is 2. The molecule has 342 valence electrons. The predicted octanol–water partition coefficient (Wildman–Crippen LogP) is 14.3. The molecular formula is C48H92NO8P. The van der Waals surface area contributed by atoms with Gasteiger partial charge in [0.15, 0.2) is 6.10 Å². The number of rotatable bonds is 46. The molecule has 9 nitrogen and oxygen atoms in total. The van der Waals surface area contributed by atoms with Gasteiger partial charge in [-0.05, 0) is 44.9 Å². The molecular weight excluding hydrogens is 750 g/mol. The van der Waals surface area contributed by atoms with Crippen molar-refractivity contribution in [2.24, 2.45) is 5.73 Å². The Bertz CT molecular complexity index is 1010. The molecule has 0 aliphatic carbocycles. The minimum absolute atomic E-state index is 0.0527. The van der Waals surface area contributed by atoms with E-state index < -0.39 is 26.5 Å². The number of nitrogens with two attached hydrogens (primary N) is 1. The molecule has 0 aromatic rings. The number of unbranched alkanes of at least 4 members (excludes halogenated alkanes) is 29. The number of carbonyl (C=O) groups excluding carboxylic acids is 2. The number of phosphoric ester groups is 1. The van der Waals surface area contributed by atoms with Crippen LogP contribution >= 0.6 is 7.82 Å². The third kappa shape index (κ3) is 44.1. The SMILES string of the molecule is CCCCCC/C=C\C/C=C\CCCCCCCC(=O)OC(COC(=O)CCCCCCCCCCCCCCCCCCCCCCC)COP(=O)(O)OCCN. The van der Waals surface area contributed by atoms with Crippen LogP contribution in [0, 0.1) is 0 Å². The van der Waals surface area contributed by atoms with Gasteiger partial charge in [-0.3, -0.25) is 18.6 Å². The van der Waals surface area contributed by atoms with Gasteiger partial charge in [0.2, 0.25) is 0 Å². The highest BCUT2D eigenvalue weighted by Crippen LogP contribution is 2.43. The zero-order chi connectivity index (χ0) is 42.5. The quantitative estimate of drug-likeness (QED) is 0.0266. The highest BCUT2D eigenvalue weighted by molar-refractivity contribution is 7.47. The number of ether oxygens (including phenoxy) is 2. The summed E-state index contributed by atoms with van der Waals surface area (Å²) in [5.74, 6) is -0.833. The molecule has 0 fully saturated rings. The van der Waals surface area contributed by atoms with Gasteiger partial charge in [0.1, 0.15) is 6.61 Å². The summed E-state index contributed by atoms with van der Waals surface area (Å²) in [4.78, 5) is 35.0. The Morgan fingerprint density at radius 1 is 0.517 bits per heavy atom. The molecule has 0 aliphatic rings. The van der Waals surface area contributed by atoms with Crippen LogP contribution in [-0.4, -0.2) is 49.3 Å². The minimum Gasteiger partial charge on any atom is -0.462 e. The van der Waals surface area contributed by atoms with Crippen molar-refractivity contribution in [1.82, 2.24) is 0 Å². The van der Waals surface area contributed by atoms with Crippen molar-refractivity contribution < 1.29 is 37.6 Å². The van der Waals surface area contributed by atoms with Crippen molar-refractivity contribution in [2.75, 3.05) is 26.4 Å². The van der Waals surface area contributed by atoms with Crippen LogP contribution in [0.15, 0.2) is 24.3 Å². The molecule has 0 aliphatic heterocycles. The Labute approximate surface area is 357 Å². The van der Waals surface area contributed by atoms with Crippen LogP contribution in [0.1, 0.15) is 239 Å². The summed E-state index contributed by atoms with van der Waals surface area (Å²) in [6.45, 7) is 3.74. The Morgan fingerprint density at radius 2 is 0.897 bits per heavy atom. The van der Waals surface area contributed by atoms with Crippen LogP contribution in [0.3, 0.4) is 0 Å². The molecule has 3 N–H and O–H groups in total. The first-order valence-corrected chi connectivity index (χ1v) is 25.8. The van der Waals surface area contributed by atoms with Crippen molar-refractivity contribution in [3.05, 3.63) is 24.3 Å². The first-order valence-electron chi connectivity index (χ1n) is 24.3. The molecule has 0 aromatic carbocycles. The van der Waals surface area contributed by atoms with Crippen LogP contribution in [0.25, 0.3) is 0 Å². The van der Waals surface area contributed by atoms with Crippen molar-refractivity contribution in [3.63, 3.8) is 0 Å². The number of allylic oxidation sites excluding steroid dienone is 4. The Kier molecular flexibility index (Phi) is 43.9. The first-order chi connectivity index (χ1) is 28.3. The molecule has 0 amide bonds. The number of hydrogen-bond acceptors (Lipinski definition) is 8. The zero-order valence-corrected chi connectivity index (χ0v) is 38.7. The van der Waals surface area contributed by atoms with E-state index in [1.807, 2.05) is 0 Å². The topological polar surface area (TPSA) is 134 Å². The van der Waals surface area contributed by atoms with E-state index in [1.165, 1.54) is 148 Å². The van der Waals surface area contributed by atoms with Gasteiger partial charge in [-0.2, -0.15) is 0 Å². The summed E-state index contributed by atoms with van der Waals surface area (Å²) >= 11 is 0. The monoisotopic (exact) mass is 842 g/mol. The Morgan fingerprint density at radius 3 is 1.33 bits per heavy atom. The lowest BCUT2D eigenvalue weighted by atomic mass is 10.0. The van der Waals surface area contributed by atoms with Crippen LogP contribution in [0.2, 0.25) is 0 Å². The van der Waals surface area contributed by atoms with Gasteiger partial charge in [0.05, 0.1) is 13.2 Å². The fourth-order valence-corrected chi connectivity index (χ4v) is 7.73. The standard InChI is InChI=1S/C48H92NO8P/c1-3-5-7-9-11-13-15-17-19-21-22-23-24-25-27-28-30-32-34-36-38-40-47(50)54-44-46(45-56-58(52,53)55-43-42-49)57-48(51)41-39-37-35-33-31-29-26-20-18-16-14-12-10-8-6-4-2/h14,16,20,26,46H,3-13,15,17-19,21-25,27-45,49H2,1-2H3,(H,52,53)/b16-14-,26-20-. The minimum atomic E-state index is -4.38. The highest BCUT2D eigenvalue weighted by atomic mass is 31.2. The van der Waals surface area contributed by atoms with Gasteiger partial charge < -0.3 is 20.1 Å². The van der Waals surface area contributed by atoms with E-state index in [9.17, 15) is 19.0 Å². The van der Waals surface area contributed by atoms with Crippen molar-refractivity contribution in [1.29, 1.82) is 0 Å². The predicted molar refractivity (Wildman–Crippen MR) is 243 cm³/mol. The van der Waals surface area contributed by atoms with Crippen LogP contribution in [0.4, 0.5) is 0 Å². The van der Waals surface area contributed by atoms with E-state index in [-0.39, 0.29) is 38.6 Å². The van der Waals surface area contributed by atoms with Gasteiger partial charge in [-0.25, -0.2) is 4.57 Å². The summed E-state index contributed by atoms with van der Waals surface area (Å²) in [6.07, 6.45) is 49.3. The van der Waals surface area contributed by atoms with Gasteiger partial charge in [0.25, 0.3) is 0 Å². The first kappa shape index (κ1) is 56.5. The number of carbonyl (C=O) groups is 2. The molecule has 0 aromatic heterocycles. The molecule has 0 spiro atoms. The fraction of sp³-hybridized carbons (Fsp3) is 0.875. The number of phosphoric acid groups is 1. The molecule has 2 atom stereocenters. The van der Waals surface area contributed by atoms with Gasteiger partial charge >= 0.3 is 19.8 Å². The summed E-state index contributed by atoms with van der Waals surface area (Å²) in [5, 5.41) is 0. The van der Waals surface area contributed by atoms with Crippen molar-refractivity contribution in [3.8, 4) is 0 Å². The van der Waals surface area contributed by atoms with E-state index in [2.05, 4.69) is 38.2 Å². The molecule has 0 heterocycles. The average molecular weight is 842 g/mol. The van der Waals surface area contributed by atoms with Gasteiger partial charge in [-0.15, -0.1) is 0 Å². The molecule has 0 bridgehead atoms. The zero-order valence-electron chi connectivity index (χ0n) is 37.8. The molecule has 10 heteroatoms. The Hall–Kier alpha value is -1.51. The normalized spacial score (nSPS) is 13.4. The maximum Gasteiger partial charge on any atom is 0.472 e. The third-order valence-corrected chi connectivity index (χ3v) is 11.6. The molecule has 0 rings (SSSR count). The average Bonchev–Trinajstić information content (AvgIpc) is 3.21. The molecule has 0 radical (unpaired) electrons. The summed E-state index contributed by atoms with van der Waals surface area (Å²) in [6, 6.07) is 0. The van der Waals surface area contributed by atoms with Gasteiger partial charge in [0, 0.05) is 19.4 Å². The van der Waals surface area contributed by atoms with Crippen LogP contribution < -0.4 is 5.73 Å². The third-order valence-electron chi connectivity index (χ3n) is 10.6. The molecule has 0 saturated heterocycles.